The maximum absolute atomic E-state index is 13.2. The molecule has 5 heteroatoms. The largest absolute Gasteiger partial charge is 0.497 e. The second-order valence-electron chi connectivity index (χ2n) is 7.11. The molecule has 1 aromatic heterocycles. The monoisotopic (exact) mass is 375 g/mol. The van der Waals surface area contributed by atoms with Crippen LogP contribution >= 0.6 is 0 Å². The first-order valence-electron chi connectivity index (χ1n) is 9.83. The van der Waals surface area contributed by atoms with E-state index in [1.54, 1.807) is 7.11 Å². The normalized spacial score (nSPS) is 15.7. The smallest absolute Gasteiger partial charge is 0.273 e. The third kappa shape index (κ3) is 3.17. The molecule has 0 fully saturated rings. The van der Waals surface area contributed by atoms with Gasteiger partial charge in [-0.3, -0.25) is 9.89 Å². The third-order valence-corrected chi connectivity index (χ3v) is 5.35. The molecule has 1 N–H and O–H groups in total. The number of rotatable bonds is 7. The van der Waals surface area contributed by atoms with Crippen LogP contribution in [0, 0.1) is 0 Å². The summed E-state index contributed by atoms with van der Waals surface area (Å²) in [5.41, 5.74) is 4.52. The van der Waals surface area contributed by atoms with Gasteiger partial charge in [0.05, 0.1) is 18.8 Å². The standard InChI is InChI=1S/C23H25N3O2/c1-3-4-8-15-26-22(17-11-13-18(28-2)14-12-17)19-20(16-9-6-5-7-10-16)24-25-21(19)23(26)27/h5-7,9-14,22H,3-4,8,15H2,1-2H3,(H,24,25). The van der Waals surface area contributed by atoms with Gasteiger partial charge < -0.3 is 9.64 Å². The van der Waals surface area contributed by atoms with Gasteiger partial charge in [0.25, 0.3) is 5.91 Å². The van der Waals surface area contributed by atoms with Crippen molar-refractivity contribution < 1.29 is 9.53 Å². The van der Waals surface area contributed by atoms with Crippen LogP contribution < -0.4 is 4.74 Å². The maximum atomic E-state index is 13.2. The van der Waals surface area contributed by atoms with Gasteiger partial charge in [0.1, 0.15) is 11.4 Å². The number of nitrogens with zero attached hydrogens (tertiary/aromatic N) is 2. The molecule has 144 valence electrons. The van der Waals surface area contributed by atoms with Crippen LogP contribution in [-0.2, 0) is 0 Å². The predicted octanol–water partition coefficient (Wildman–Crippen LogP) is 4.82. The molecule has 1 amide bonds. The lowest BCUT2D eigenvalue weighted by atomic mass is 9.96. The summed E-state index contributed by atoms with van der Waals surface area (Å²) in [5.74, 6) is 0.836. The number of amides is 1. The molecule has 2 aromatic carbocycles. The van der Waals surface area contributed by atoms with Gasteiger partial charge in [-0.2, -0.15) is 5.10 Å². The second kappa shape index (κ2) is 7.89. The van der Waals surface area contributed by atoms with Gasteiger partial charge in [-0.25, -0.2) is 0 Å². The van der Waals surface area contributed by atoms with Crippen LogP contribution in [-0.4, -0.2) is 34.7 Å². The molecule has 1 unspecified atom stereocenters. The Morgan fingerprint density at radius 2 is 1.82 bits per heavy atom. The molecular formula is C23H25N3O2. The Kier molecular flexibility index (Phi) is 5.15. The van der Waals surface area contributed by atoms with Crippen molar-refractivity contribution >= 4 is 5.91 Å². The van der Waals surface area contributed by atoms with Gasteiger partial charge in [0.2, 0.25) is 0 Å². The fraction of sp³-hybridized carbons (Fsp3) is 0.304. The van der Waals surface area contributed by atoms with Crippen LogP contribution in [0.2, 0.25) is 0 Å². The van der Waals surface area contributed by atoms with E-state index < -0.39 is 0 Å². The first kappa shape index (κ1) is 18.3. The fourth-order valence-corrected chi connectivity index (χ4v) is 3.91. The van der Waals surface area contributed by atoms with Crippen molar-refractivity contribution in [2.24, 2.45) is 0 Å². The predicted molar refractivity (Wildman–Crippen MR) is 109 cm³/mol. The van der Waals surface area contributed by atoms with E-state index in [1.807, 2.05) is 59.5 Å². The lowest BCUT2D eigenvalue weighted by molar-refractivity contribution is 0.0740. The number of hydrogen-bond donors (Lipinski definition) is 1. The molecule has 0 radical (unpaired) electrons. The van der Waals surface area contributed by atoms with Gasteiger partial charge in [-0.15, -0.1) is 0 Å². The number of fused-ring (bicyclic) bond motifs is 1. The molecular weight excluding hydrogens is 350 g/mol. The van der Waals surface area contributed by atoms with Crippen molar-refractivity contribution in [2.75, 3.05) is 13.7 Å². The molecule has 0 bridgehead atoms. The average Bonchev–Trinajstić information content (AvgIpc) is 3.28. The molecule has 1 aliphatic rings. The highest BCUT2D eigenvalue weighted by atomic mass is 16.5. The van der Waals surface area contributed by atoms with Crippen LogP contribution in [0.4, 0.5) is 0 Å². The van der Waals surface area contributed by atoms with E-state index in [-0.39, 0.29) is 11.9 Å². The van der Waals surface area contributed by atoms with Crippen LogP contribution in [0.5, 0.6) is 5.75 Å². The summed E-state index contributed by atoms with van der Waals surface area (Å²) in [4.78, 5) is 15.2. The third-order valence-electron chi connectivity index (χ3n) is 5.35. The van der Waals surface area contributed by atoms with Gasteiger partial charge in [0, 0.05) is 17.7 Å². The highest BCUT2D eigenvalue weighted by Crippen LogP contribution is 2.43. The van der Waals surface area contributed by atoms with Crippen molar-refractivity contribution in [3.05, 3.63) is 71.4 Å². The molecule has 5 nitrogen and oxygen atoms in total. The van der Waals surface area contributed by atoms with E-state index in [4.69, 9.17) is 4.74 Å². The zero-order valence-corrected chi connectivity index (χ0v) is 16.3. The lowest BCUT2D eigenvalue weighted by Gasteiger charge is -2.26. The van der Waals surface area contributed by atoms with Gasteiger partial charge in [-0.1, -0.05) is 62.2 Å². The van der Waals surface area contributed by atoms with Crippen molar-refractivity contribution in [1.29, 1.82) is 0 Å². The molecule has 0 saturated heterocycles. The van der Waals surface area contributed by atoms with Crippen LogP contribution in [0.15, 0.2) is 54.6 Å². The summed E-state index contributed by atoms with van der Waals surface area (Å²) >= 11 is 0. The Hall–Kier alpha value is -3.08. The van der Waals surface area contributed by atoms with Crippen LogP contribution in [0.25, 0.3) is 11.3 Å². The van der Waals surface area contributed by atoms with E-state index in [2.05, 4.69) is 17.1 Å². The van der Waals surface area contributed by atoms with Crippen molar-refractivity contribution in [2.45, 2.75) is 32.2 Å². The average molecular weight is 375 g/mol. The number of benzene rings is 2. The number of carbonyl (C=O) groups is 1. The Labute approximate surface area is 165 Å². The summed E-state index contributed by atoms with van der Waals surface area (Å²) in [5, 5.41) is 7.51. The van der Waals surface area contributed by atoms with E-state index in [9.17, 15) is 4.79 Å². The van der Waals surface area contributed by atoms with Gasteiger partial charge >= 0.3 is 0 Å². The molecule has 28 heavy (non-hydrogen) atoms. The summed E-state index contributed by atoms with van der Waals surface area (Å²) < 4.78 is 5.31. The Balaban J connectivity index is 1.79. The fourth-order valence-electron chi connectivity index (χ4n) is 3.91. The summed E-state index contributed by atoms with van der Waals surface area (Å²) in [6.45, 7) is 2.91. The molecule has 1 atom stereocenters. The minimum absolute atomic E-state index is 0.0293. The van der Waals surface area contributed by atoms with E-state index in [0.29, 0.717) is 5.69 Å². The van der Waals surface area contributed by atoms with Crippen molar-refractivity contribution in [3.63, 3.8) is 0 Å². The first-order valence-corrected chi connectivity index (χ1v) is 9.83. The zero-order valence-electron chi connectivity index (χ0n) is 16.3. The number of H-pyrrole nitrogens is 1. The van der Waals surface area contributed by atoms with E-state index in [0.717, 1.165) is 53.9 Å². The molecule has 3 aromatic rings. The molecule has 0 saturated carbocycles. The number of methoxy groups -OCH3 is 1. The summed E-state index contributed by atoms with van der Waals surface area (Å²) in [6, 6.07) is 17.9. The quantitative estimate of drug-likeness (QED) is 0.602. The number of ether oxygens (including phenoxy) is 1. The SMILES string of the molecule is CCCCCN1C(=O)c2[nH]nc(-c3ccccc3)c2C1c1ccc(OC)cc1. The number of hydrogen-bond acceptors (Lipinski definition) is 3. The van der Waals surface area contributed by atoms with E-state index >= 15 is 0 Å². The molecule has 0 aliphatic carbocycles. The Morgan fingerprint density at radius 1 is 1.07 bits per heavy atom. The highest BCUT2D eigenvalue weighted by Gasteiger charge is 2.41. The van der Waals surface area contributed by atoms with E-state index in [1.165, 1.54) is 0 Å². The molecule has 2 heterocycles. The lowest BCUT2D eigenvalue weighted by Crippen LogP contribution is -2.30. The summed E-state index contributed by atoms with van der Waals surface area (Å²) in [6.07, 6.45) is 3.22. The van der Waals surface area contributed by atoms with Crippen LogP contribution in [0.1, 0.15) is 53.8 Å². The first-order chi connectivity index (χ1) is 13.7. The van der Waals surface area contributed by atoms with Crippen molar-refractivity contribution in [3.8, 4) is 17.0 Å². The van der Waals surface area contributed by atoms with Crippen LogP contribution in [0.3, 0.4) is 0 Å². The zero-order chi connectivity index (χ0) is 19.5. The van der Waals surface area contributed by atoms with Gasteiger partial charge in [0.15, 0.2) is 0 Å². The Bertz CT molecular complexity index is 948. The van der Waals surface area contributed by atoms with Crippen molar-refractivity contribution in [1.82, 2.24) is 15.1 Å². The molecule has 0 spiro atoms. The minimum Gasteiger partial charge on any atom is -0.497 e. The highest BCUT2D eigenvalue weighted by molar-refractivity contribution is 6.00. The number of aromatic nitrogens is 2. The maximum Gasteiger partial charge on any atom is 0.273 e. The Morgan fingerprint density at radius 3 is 2.50 bits per heavy atom. The van der Waals surface area contributed by atoms with Gasteiger partial charge in [-0.05, 0) is 24.1 Å². The summed E-state index contributed by atoms with van der Waals surface area (Å²) in [7, 11) is 1.66. The molecule has 4 rings (SSSR count). The topological polar surface area (TPSA) is 58.2 Å². The second-order valence-corrected chi connectivity index (χ2v) is 7.11. The number of unbranched alkanes of at least 4 members (excludes halogenated alkanes) is 2. The number of aromatic amines is 1. The number of carbonyl (C=O) groups excluding carboxylic acids is 1. The minimum atomic E-state index is -0.140. The molecule has 1 aliphatic heterocycles. The number of nitrogens with one attached hydrogen (secondary N) is 1.